The van der Waals surface area contributed by atoms with Gasteiger partial charge in [0, 0.05) is 0 Å². The van der Waals surface area contributed by atoms with Gasteiger partial charge in [0.05, 0.1) is 18.3 Å². The number of carbonyl (C=O) groups excluding carboxylic acids is 2. The number of nitrogens with zero attached hydrogens (tertiary/aromatic N) is 4. The van der Waals surface area contributed by atoms with Gasteiger partial charge < -0.3 is 10.3 Å². The Morgan fingerprint density at radius 3 is 2.54 bits per heavy atom. The van der Waals surface area contributed by atoms with Crippen molar-refractivity contribution in [1.82, 2.24) is 25.0 Å². The molecule has 0 saturated heterocycles. The van der Waals surface area contributed by atoms with E-state index in [9.17, 15) is 9.59 Å². The first-order valence-electron chi connectivity index (χ1n) is 8.27. The van der Waals surface area contributed by atoms with E-state index in [4.69, 9.17) is 5.73 Å². The van der Waals surface area contributed by atoms with E-state index in [2.05, 4.69) is 27.3 Å². The minimum Gasteiger partial charge on any atom is -0.351 e. The van der Waals surface area contributed by atoms with Crippen LogP contribution in [0.5, 0.6) is 0 Å². The zero-order valence-electron chi connectivity index (χ0n) is 15.2. The third-order valence-corrected chi connectivity index (χ3v) is 4.80. The Balaban J connectivity index is 2.27. The summed E-state index contributed by atoms with van der Waals surface area (Å²) in [5, 5.41) is 11.3. The van der Waals surface area contributed by atoms with Crippen LogP contribution in [-0.4, -0.2) is 51.5 Å². The van der Waals surface area contributed by atoms with Gasteiger partial charge in [0.25, 0.3) is 0 Å². The van der Waals surface area contributed by atoms with E-state index in [1.807, 2.05) is 49.0 Å². The molecule has 2 aromatic rings. The summed E-state index contributed by atoms with van der Waals surface area (Å²) in [5.74, 6) is 0.423. The van der Waals surface area contributed by atoms with E-state index in [1.165, 1.54) is 11.8 Å². The SMILES string of the molecule is CC[C@H](c1nnc(SCC(=O)NC(N)=O)n1Cc1ccccc1)N(C)C. The number of amides is 3. The van der Waals surface area contributed by atoms with Crippen LogP contribution in [0.4, 0.5) is 4.79 Å². The third-order valence-electron chi connectivity index (χ3n) is 3.83. The normalized spacial score (nSPS) is 12.2. The number of aromatic nitrogens is 3. The minimum atomic E-state index is -0.860. The largest absolute Gasteiger partial charge is 0.351 e. The first kappa shape index (κ1) is 19.9. The molecule has 1 aromatic carbocycles. The first-order valence-corrected chi connectivity index (χ1v) is 9.26. The Bertz CT molecular complexity index is 747. The summed E-state index contributed by atoms with van der Waals surface area (Å²) in [6, 6.07) is 9.25. The highest BCUT2D eigenvalue weighted by atomic mass is 32.2. The molecule has 0 saturated carbocycles. The summed E-state index contributed by atoms with van der Waals surface area (Å²) in [6.45, 7) is 2.70. The number of urea groups is 1. The highest BCUT2D eigenvalue weighted by Crippen LogP contribution is 2.26. The van der Waals surface area contributed by atoms with E-state index in [-0.39, 0.29) is 11.8 Å². The van der Waals surface area contributed by atoms with Gasteiger partial charge in [0.2, 0.25) is 5.91 Å². The molecule has 0 fully saturated rings. The monoisotopic (exact) mass is 376 g/mol. The fraction of sp³-hybridized carbons (Fsp3) is 0.412. The molecular weight excluding hydrogens is 352 g/mol. The molecule has 26 heavy (non-hydrogen) atoms. The smallest absolute Gasteiger partial charge is 0.318 e. The zero-order valence-corrected chi connectivity index (χ0v) is 16.0. The maximum absolute atomic E-state index is 11.7. The van der Waals surface area contributed by atoms with E-state index < -0.39 is 11.9 Å². The Labute approximate surface area is 157 Å². The van der Waals surface area contributed by atoms with Crippen molar-refractivity contribution in [3.63, 3.8) is 0 Å². The van der Waals surface area contributed by atoms with Crippen LogP contribution in [0, 0.1) is 0 Å². The van der Waals surface area contributed by atoms with Crippen molar-refractivity contribution >= 4 is 23.7 Å². The van der Waals surface area contributed by atoms with Gasteiger partial charge in [0.15, 0.2) is 11.0 Å². The predicted molar refractivity (Wildman–Crippen MR) is 101 cm³/mol. The fourth-order valence-electron chi connectivity index (χ4n) is 2.65. The lowest BCUT2D eigenvalue weighted by Gasteiger charge is -2.23. The number of hydrogen-bond donors (Lipinski definition) is 2. The van der Waals surface area contributed by atoms with Crippen molar-refractivity contribution < 1.29 is 9.59 Å². The molecular formula is C17H24N6O2S. The maximum atomic E-state index is 11.7. The van der Waals surface area contributed by atoms with Crippen LogP contribution in [0.2, 0.25) is 0 Å². The van der Waals surface area contributed by atoms with Crippen LogP contribution >= 0.6 is 11.8 Å². The molecule has 0 aliphatic rings. The Morgan fingerprint density at radius 1 is 1.27 bits per heavy atom. The number of primary amides is 1. The van der Waals surface area contributed by atoms with Gasteiger partial charge in [-0.3, -0.25) is 15.0 Å². The molecule has 0 aliphatic heterocycles. The lowest BCUT2D eigenvalue weighted by molar-refractivity contribution is -0.117. The highest BCUT2D eigenvalue weighted by molar-refractivity contribution is 7.99. The Morgan fingerprint density at radius 2 is 1.96 bits per heavy atom. The molecule has 0 unspecified atom stereocenters. The van der Waals surface area contributed by atoms with Crippen molar-refractivity contribution in [3.8, 4) is 0 Å². The number of benzene rings is 1. The Kier molecular flexibility index (Phi) is 7.16. The standard InChI is InChI=1S/C17H24N6O2S/c1-4-13(22(2)3)15-20-21-17(26-11-14(24)19-16(18)25)23(15)10-12-8-6-5-7-9-12/h5-9,13H,4,10-11H2,1-3H3,(H3,18,19,24,25)/t13-/m1/s1. The van der Waals surface area contributed by atoms with E-state index in [0.29, 0.717) is 11.7 Å². The topological polar surface area (TPSA) is 106 Å². The fourth-order valence-corrected chi connectivity index (χ4v) is 3.39. The molecule has 1 aromatic heterocycles. The molecule has 140 valence electrons. The number of nitrogens with one attached hydrogen (secondary N) is 1. The quantitative estimate of drug-likeness (QED) is 0.678. The zero-order chi connectivity index (χ0) is 19.1. The summed E-state index contributed by atoms with van der Waals surface area (Å²) in [6.07, 6.45) is 0.882. The summed E-state index contributed by atoms with van der Waals surface area (Å²) >= 11 is 1.23. The van der Waals surface area contributed by atoms with Gasteiger partial charge in [0.1, 0.15) is 0 Å². The molecule has 0 bridgehead atoms. The van der Waals surface area contributed by atoms with Gasteiger partial charge in [-0.15, -0.1) is 10.2 Å². The number of carbonyl (C=O) groups is 2. The molecule has 2 rings (SSSR count). The summed E-state index contributed by atoms with van der Waals surface area (Å²) in [4.78, 5) is 24.6. The van der Waals surface area contributed by atoms with Crippen LogP contribution in [0.15, 0.2) is 35.5 Å². The van der Waals surface area contributed by atoms with Crippen LogP contribution in [-0.2, 0) is 11.3 Å². The Hall–Kier alpha value is -2.39. The summed E-state index contributed by atoms with van der Waals surface area (Å²) in [5.41, 5.74) is 6.09. The van der Waals surface area contributed by atoms with Crippen molar-refractivity contribution in [2.75, 3.05) is 19.8 Å². The maximum Gasteiger partial charge on any atom is 0.318 e. The number of hydrogen-bond acceptors (Lipinski definition) is 6. The van der Waals surface area contributed by atoms with E-state index >= 15 is 0 Å². The van der Waals surface area contributed by atoms with Crippen LogP contribution in [0.1, 0.15) is 30.8 Å². The number of imide groups is 1. The lowest BCUT2D eigenvalue weighted by atomic mass is 10.2. The predicted octanol–water partition coefficient (Wildman–Crippen LogP) is 1.63. The van der Waals surface area contributed by atoms with Gasteiger partial charge in [-0.25, -0.2) is 4.79 Å². The van der Waals surface area contributed by atoms with Crippen molar-refractivity contribution in [2.45, 2.75) is 31.1 Å². The third kappa shape index (κ3) is 5.30. The average Bonchev–Trinajstić information content (AvgIpc) is 2.96. The van der Waals surface area contributed by atoms with Crippen molar-refractivity contribution in [3.05, 3.63) is 41.7 Å². The van der Waals surface area contributed by atoms with Crippen molar-refractivity contribution in [1.29, 1.82) is 0 Å². The molecule has 0 spiro atoms. The van der Waals surface area contributed by atoms with Gasteiger partial charge in [-0.2, -0.15) is 0 Å². The van der Waals surface area contributed by atoms with Crippen LogP contribution < -0.4 is 11.1 Å². The molecule has 8 nitrogen and oxygen atoms in total. The first-order chi connectivity index (χ1) is 12.4. The van der Waals surface area contributed by atoms with Crippen LogP contribution in [0.3, 0.4) is 0 Å². The number of nitrogens with two attached hydrogens (primary N) is 1. The van der Waals surface area contributed by atoms with Crippen molar-refractivity contribution in [2.24, 2.45) is 5.73 Å². The molecule has 0 radical (unpaired) electrons. The number of thioether (sulfide) groups is 1. The minimum absolute atomic E-state index is 0.0363. The second kappa shape index (κ2) is 9.35. The molecule has 0 aliphatic carbocycles. The highest BCUT2D eigenvalue weighted by Gasteiger charge is 2.22. The molecule has 3 amide bonds. The molecule has 3 N–H and O–H groups in total. The lowest BCUT2D eigenvalue weighted by Crippen LogP contribution is -2.36. The van der Waals surface area contributed by atoms with Gasteiger partial charge >= 0.3 is 6.03 Å². The average molecular weight is 376 g/mol. The van der Waals surface area contributed by atoms with E-state index in [0.717, 1.165) is 17.8 Å². The number of rotatable bonds is 8. The second-order valence-electron chi connectivity index (χ2n) is 6.00. The molecule has 1 heterocycles. The van der Waals surface area contributed by atoms with Gasteiger partial charge in [-0.1, -0.05) is 49.0 Å². The summed E-state index contributed by atoms with van der Waals surface area (Å²) in [7, 11) is 4.01. The summed E-state index contributed by atoms with van der Waals surface area (Å²) < 4.78 is 2.02. The molecule has 1 atom stereocenters. The van der Waals surface area contributed by atoms with Crippen LogP contribution in [0.25, 0.3) is 0 Å². The second-order valence-corrected chi connectivity index (χ2v) is 6.94. The van der Waals surface area contributed by atoms with E-state index in [1.54, 1.807) is 0 Å². The molecule has 9 heteroatoms. The van der Waals surface area contributed by atoms with Gasteiger partial charge in [-0.05, 0) is 26.1 Å².